The first-order valence-corrected chi connectivity index (χ1v) is 7.64. The maximum Gasteiger partial charge on any atom is 0.325 e. The molecule has 0 saturated carbocycles. The van der Waals surface area contributed by atoms with Crippen molar-refractivity contribution in [1.82, 2.24) is 0 Å². The van der Waals surface area contributed by atoms with Crippen LogP contribution in [-0.2, 0) is 0 Å². The van der Waals surface area contributed by atoms with E-state index < -0.39 is 5.37 Å². The van der Waals surface area contributed by atoms with E-state index in [1.807, 2.05) is 50.5 Å². The Hall–Kier alpha value is -1.85. The minimum atomic E-state index is -0.507. The van der Waals surface area contributed by atoms with Gasteiger partial charge in [0.25, 0.3) is 0 Å². The number of carbonyl (C=O) groups is 1. The average molecular weight is 320 g/mol. The molecule has 4 nitrogen and oxygen atoms in total. The molecular weight excluding hydrogens is 306 g/mol. The second-order valence-corrected chi connectivity index (χ2v) is 5.96. The van der Waals surface area contributed by atoms with Crippen LogP contribution in [0, 0.1) is 0 Å². The highest BCUT2D eigenvalue weighted by atomic mass is 35.5. The van der Waals surface area contributed by atoms with Crippen LogP contribution in [0.3, 0.4) is 0 Å². The van der Waals surface area contributed by atoms with Crippen LogP contribution in [0.2, 0.25) is 0 Å². The summed E-state index contributed by atoms with van der Waals surface area (Å²) in [5.41, 5.74) is 3.61. The van der Waals surface area contributed by atoms with Crippen molar-refractivity contribution in [1.29, 1.82) is 0 Å². The van der Waals surface area contributed by atoms with E-state index in [0.29, 0.717) is 0 Å². The van der Waals surface area contributed by atoms with Gasteiger partial charge < -0.3 is 10.6 Å². The molecule has 1 aliphatic heterocycles. The number of anilines is 4. The van der Waals surface area contributed by atoms with Crippen molar-refractivity contribution in [3.05, 3.63) is 36.4 Å². The SMILES string of the molecule is CNc1ccc2c(c1)Sc1cc(NC)ccc1N2C(=O)Cl. The Balaban J connectivity index is 2.17. The molecule has 0 aromatic heterocycles. The number of halogens is 1. The second-order valence-electron chi connectivity index (χ2n) is 4.56. The van der Waals surface area contributed by atoms with Crippen LogP contribution in [-0.4, -0.2) is 19.5 Å². The largest absolute Gasteiger partial charge is 0.388 e. The summed E-state index contributed by atoms with van der Waals surface area (Å²) in [5, 5.41) is 5.70. The minimum absolute atomic E-state index is 0.507. The first-order chi connectivity index (χ1) is 10.1. The fourth-order valence-electron chi connectivity index (χ4n) is 2.31. The summed E-state index contributed by atoms with van der Waals surface area (Å²) in [6.07, 6.45) is 0. The summed E-state index contributed by atoms with van der Waals surface area (Å²) in [7, 11) is 3.74. The van der Waals surface area contributed by atoms with E-state index >= 15 is 0 Å². The highest BCUT2D eigenvalue weighted by Gasteiger charge is 2.27. The molecule has 0 aliphatic carbocycles. The van der Waals surface area contributed by atoms with Crippen molar-refractivity contribution >= 4 is 51.5 Å². The van der Waals surface area contributed by atoms with Crippen LogP contribution >= 0.6 is 23.4 Å². The third-order valence-electron chi connectivity index (χ3n) is 3.37. The quantitative estimate of drug-likeness (QED) is 0.620. The van der Waals surface area contributed by atoms with E-state index in [0.717, 1.165) is 32.5 Å². The highest BCUT2D eigenvalue weighted by Crippen LogP contribution is 2.50. The molecule has 0 radical (unpaired) electrons. The zero-order chi connectivity index (χ0) is 15.0. The van der Waals surface area contributed by atoms with Crippen LogP contribution in [0.1, 0.15) is 0 Å². The number of nitrogens with one attached hydrogen (secondary N) is 2. The van der Waals surface area contributed by atoms with Gasteiger partial charge in [-0.1, -0.05) is 11.8 Å². The van der Waals surface area contributed by atoms with Gasteiger partial charge in [-0.15, -0.1) is 0 Å². The predicted molar refractivity (Wildman–Crippen MR) is 89.5 cm³/mol. The topological polar surface area (TPSA) is 44.4 Å². The molecule has 2 aromatic rings. The molecule has 0 atom stereocenters. The summed E-state index contributed by atoms with van der Waals surface area (Å²) in [5.74, 6) is 0. The maximum atomic E-state index is 11.9. The molecule has 0 spiro atoms. The first-order valence-electron chi connectivity index (χ1n) is 6.45. The summed E-state index contributed by atoms with van der Waals surface area (Å²) in [6.45, 7) is 0. The zero-order valence-electron chi connectivity index (χ0n) is 11.6. The third-order valence-corrected chi connectivity index (χ3v) is 4.64. The lowest BCUT2D eigenvalue weighted by atomic mass is 10.2. The van der Waals surface area contributed by atoms with Crippen molar-refractivity contribution in [3.63, 3.8) is 0 Å². The normalized spacial score (nSPS) is 12.4. The number of rotatable bonds is 2. The van der Waals surface area contributed by atoms with E-state index in [1.54, 1.807) is 16.7 Å². The second kappa shape index (κ2) is 5.50. The van der Waals surface area contributed by atoms with Gasteiger partial charge in [0.05, 0.1) is 11.4 Å². The smallest absolute Gasteiger partial charge is 0.325 e. The van der Waals surface area contributed by atoms with Gasteiger partial charge in [-0.3, -0.25) is 9.69 Å². The number of nitrogens with zero attached hydrogens (tertiary/aromatic N) is 1. The van der Waals surface area contributed by atoms with Crippen LogP contribution in [0.25, 0.3) is 0 Å². The third kappa shape index (κ3) is 2.43. The molecule has 1 amide bonds. The molecule has 21 heavy (non-hydrogen) atoms. The summed E-state index contributed by atoms with van der Waals surface area (Å²) >= 11 is 7.44. The molecule has 2 N–H and O–H groups in total. The average Bonchev–Trinajstić information content (AvgIpc) is 2.50. The number of amides is 1. The lowest BCUT2D eigenvalue weighted by Gasteiger charge is -2.30. The van der Waals surface area contributed by atoms with E-state index in [1.165, 1.54) is 0 Å². The lowest BCUT2D eigenvalue weighted by Crippen LogP contribution is -2.23. The van der Waals surface area contributed by atoms with Gasteiger partial charge in [-0.05, 0) is 48.0 Å². The molecule has 1 aliphatic rings. The molecule has 6 heteroatoms. The summed E-state index contributed by atoms with van der Waals surface area (Å²) in [6, 6.07) is 11.7. The molecule has 0 saturated heterocycles. The number of fused-ring (bicyclic) bond motifs is 2. The number of carbonyl (C=O) groups excluding carboxylic acids is 1. The zero-order valence-corrected chi connectivity index (χ0v) is 13.2. The van der Waals surface area contributed by atoms with Gasteiger partial charge in [0, 0.05) is 35.3 Å². The van der Waals surface area contributed by atoms with Crippen LogP contribution in [0.5, 0.6) is 0 Å². The fourth-order valence-corrected chi connectivity index (χ4v) is 3.63. The maximum absolute atomic E-state index is 11.9. The minimum Gasteiger partial charge on any atom is -0.388 e. The number of hydrogen-bond donors (Lipinski definition) is 2. The van der Waals surface area contributed by atoms with Crippen molar-refractivity contribution in [2.75, 3.05) is 29.6 Å². The standard InChI is InChI=1S/C15H14ClN3OS/c1-17-9-3-5-11-13(7-9)21-14-8-10(18-2)4-6-12(14)19(11)15(16)20/h3-8,17-18H,1-2H3. The lowest BCUT2D eigenvalue weighted by molar-refractivity contribution is 0.266. The molecule has 0 unspecified atom stereocenters. The van der Waals surface area contributed by atoms with E-state index in [9.17, 15) is 4.79 Å². The Kier molecular flexibility index (Phi) is 3.69. The molecule has 108 valence electrons. The summed E-state index contributed by atoms with van der Waals surface area (Å²) in [4.78, 5) is 15.4. The summed E-state index contributed by atoms with van der Waals surface area (Å²) < 4.78 is 0. The molecule has 3 rings (SSSR count). The Morgan fingerprint density at radius 3 is 1.86 bits per heavy atom. The van der Waals surface area contributed by atoms with Crippen LogP contribution in [0.15, 0.2) is 46.2 Å². The Morgan fingerprint density at radius 2 is 1.48 bits per heavy atom. The molecular formula is C15H14ClN3OS. The van der Waals surface area contributed by atoms with Gasteiger partial charge in [-0.25, -0.2) is 0 Å². The predicted octanol–water partition coefficient (Wildman–Crippen LogP) is 4.73. The van der Waals surface area contributed by atoms with Crippen LogP contribution in [0.4, 0.5) is 27.5 Å². The van der Waals surface area contributed by atoms with Gasteiger partial charge in [0.15, 0.2) is 0 Å². The highest BCUT2D eigenvalue weighted by molar-refractivity contribution is 7.99. The van der Waals surface area contributed by atoms with Gasteiger partial charge in [-0.2, -0.15) is 0 Å². The molecule has 0 fully saturated rings. The van der Waals surface area contributed by atoms with E-state index in [-0.39, 0.29) is 0 Å². The number of benzene rings is 2. The van der Waals surface area contributed by atoms with Crippen LogP contribution < -0.4 is 15.5 Å². The van der Waals surface area contributed by atoms with Gasteiger partial charge in [0.1, 0.15) is 0 Å². The Morgan fingerprint density at radius 1 is 1.00 bits per heavy atom. The van der Waals surface area contributed by atoms with E-state index in [4.69, 9.17) is 11.6 Å². The van der Waals surface area contributed by atoms with Crippen molar-refractivity contribution in [2.24, 2.45) is 0 Å². The first kappa shape index (κ1) is 14.1. The molecule has 1 heterocycles. The fraction of sp³-hybridized carbons (Fsp3) is 0.133. The molecule has 0 bridgehead atoms. The van der Waals surface area contributed by atoms with Gasteiger partial charge >= 0.3 is 5.37 Å². The van der Waals surface area contributed by atoms with E-state index in [2.05, 4.69) is 10.6 Å². The Bertz CT molecular complexity index is 667. The van der Waals surface area contributed by atoms with Crippen molar-refractivity contribution in [3.8, 4) is 0 Å². The van der Waals surface area contributed by atoms with Crippen molar-refractivity contribution in [2.45, 2.75) is 9.79 Å². The van der Waals surface area contributed by atoms with Gasteiger partial charge in [0.2, 0.25) is 0 Å². The number of hydrogen-bond acceptors (Lipinski definition) is 4. The monoisotopic (exact) mass is 319 g/mol. The van der Waals surface area contributed by atoms with Crippen molar-refractivity contribution < 1.29 is 4.79 Å². The Labute approximate surface area is 132 Å². The molecule has 2 aromatic carbocycles.